The predicted molar refractivity (Wildman–Crippen MR) is 152 cm³/mol. The smallest absolute Gasteiger partial charge is 0.211 e. The molecular weight excluding hydrogens is 500 g/mol. The number of piperazine rings is 1. The molecule has 9 nitrogen and oxygen atoms in total. The molecule has 0 unspecified atom stereocenters. The summed E-state index contributed by atoms with van der Waals surface area (Å²) in [6, 6.07) is 16.3. The van der Waals surface area contributed by atoms with E-state index in [4.69, 9.17) is 4.74 Å². The number of ether oxygens (including phenoxy) is 1. The van der Waals surface area contributed by atoms with Gasteiger partial charge in [0.05, 0.1) is 18.6 Å². The zero-order chi connectivity index (χ0) is 26.5. The van der Waals surface area contributed by atoms with E-state index in [9.17, 15) is 8.42 Å². The summed E-state index contributed by atoms with van der Waals surface area (Å²) in [6.45, 7) is 7.20. The number of anilines is 3. The van der Waals surface area contributed by atoms with Crippen molar-refractivity contribution in [2.75, 3.05) is 62.5 Å². The summed E-state index contributed by atoms with van der Waals surface area (Å²) in [7, 11) is -3.12. The Kier molecular flexibility index (Phi) is 8.04. The van der Waals surface area contributed by atoms with Crippen LogP contribution in [0.1, 0.15) is 23.6 Å². The van der Waals surface area contributed by atoms with Crippen LogP contribution in [0.4, 0.5) is 17.3 Å². The van der Waals surface area contributed by atoms with E-state index in [1.54, 1.807) is 0 Å². The van der Waals surface area contributed by atoms with Crippen molar-refractivity contribution in [1.82, 2.24) is 19.2 Å². The van der Waals surface area contributed by atoms with Crippen LogP contribution in [0.25, 0.3) is 11.6 Å². The van der Waals surface area contributed by atoms with Gasteiger partial charge in [0.1, 0.15) is 18.4 Å². The van der Waals surface area contributed by atoms with E-state index in [-0.39, 0.29) is 0 Å². The van der Waals surface area contributed by atoms with Crippen LogP contribution >= 0.6 is 0 Å². The number of sulfonamides is 1. The second-order valence-electron chi connectivity index (χ2n) is 9.61. The third-order valence-corrected chi connectivity index (χ3v) is 8.20. The molecule has 3 aromatic rings. The Morgan fingerprint density at radius 1 is 0.974 bits per heavy atom. The maximum absolute atomic E-state index is 11.7. The molecule has 0 amide bonds. The third kappa shape index (κ3) is 6.39. The molecule has 5 rings (SSSR count). The first-order valence-corrected chi connectivity index (χ1v) is 14.7. The lowest BCUT2D eigenvalue weighted by atomic mass is 10.0. The van der Waals surface area contributed by atoms with Crippen molar-refractivity contribution in [1.29, 1.82) is 0 Å². The number of hydrogen-bond acceptors (Lipinski definition) is 8. The molecule has 2 aliphatic heterocycles. The minimum atomic E-state index is -3.12. The molecule has 0 spiro atoms. The highest BCUT2D eigenvalue weighted by Crippen LogP contribution is 2.30. The van der Waals surface area contributed by atoms with Gasteiger partial charge in [0.2, 0.25) is 10.0 Å². The summed E-state index contributed by atoms with van der Waals surface area (Å²) in [5.74, 6) is 1.43. The largest absolute Gasteiger partial charge is 0.356 e. The lowest BCUT2D eigenvalue weighted by molar-refractivity contribution is 0.167. The predicted octanol–water partition coefficient (Wildman–Crippen LogP) is 3.65. The molecule has 1 N–H and O–H groups in total. The van der Waals surface area contributed by atoms with Crippen LogP contribution in [-0.4, -0.2) is 79.9 Å². The summed E-state index contributed by atoms with van der Waals surface area (Å²) < 4.78 is 31.0. The molecule has 200 valence electrons. The number of rotatable bonds is 7. The maximum Gasteiger partial charge on any atom is 0.211 e. The van der Waals surface area contributed by atoms with E-state index in [2.05, 4.69) is 50.2 Å². The van der Waals surface area contributed by atoms with Crippen LogP contribution in [0.5, 0.6) is 0 Å². The molecule has 1 saturated heterocycles. The molecule has 0 atom stereocenters. The first-order chi connectivity index (χ1) is 18.4. The minimum Gasteiger partial charge on any atom is -0.356 e. The summed E-state index contributed by atoms with van der Waals surface area (Å²) in [5.41, 5.74) is 5.47. The fourth-order valence-corrected chi connectivity index (χ4v) is 5.58. The van der Waals surface area contributed by atoms with Gasteiger partial charge in [-0.15, -0.1) is 0 Å². The Balaban J connectivity index is 1.28. The van der Waals surface area contributed by atoms with Crippen LogP contribution in [-0.2, 0) is 21.3 Å². The lowest BCUT2D eigenvalue weighted by Gasteiger charge is -2.33. The van der Waals surface area contributed by atoms with Crippen LogP contribution in [0.15, 0.2) is 60.9 Å². The quantitative estimate of drug-likeness (QED) is 0.491. The number of pyridine rings is 2. The number of benzene rings is 1. The molecule has 2 aromatic heterocycles. The number of nitrogens with one attached hydrogen (secondary N) is 1. The highest BCUT2D eigenvalue weighted by molar-refractivity contribution is 7.88. The fourth-order valence-electron chi connectivity index (χ4n) is 4.75. The normalized spacial score (nSPS) is 18.7. The Morgan fingerprint density at radius 2 is 1.74 bits per heavy atom. The molecule has 0 saturated carbocycles. The van der Waals surface area contributed by atoms with Crippen LogP contribution in [0.3, 0.4) is 0 Å². The molecule has 0 radical (unpaired) electrons. The van der Waals surface area contributed by atoms with Crippen molar-refractivity contribution >= 4 is 39.0 Å². The first kappa shape index (κ1) is 26.3. The Labute approximate surface area is 224 Å². The Bertz CT molecular complexity index is 1370. The molecule has 1 aromatic carbocycles. The second-order valence-corrected chi connectivity index (χ2v) is 11.6. The molecule has 10 heteroatoms. The monoisotopic (exact) mass is 534 g/mol. The van der Waals surface area contributed by atoms with E-state index >= 15 is 0 Å². The Hall–Kier alpha value is -3.31. The van der Waals surface area contributed by atoms with Crippen molar-refractivity contribution in [2.24, 2.45) is 0 Å². The van der Waals surface area contributed by atoms with Crippen LogP contribution in [0.2, 0.25) is 0 Å². The first-order valence-electron chi connectivity index (χ1n) is 12.9. The zero-order valence-electron chi connectivity index (χ0n) is 21.9. The summed E-state index contributed by atoms with van der Waals surface area (Å²) >= 11 is 0. The van der Waals surface area contributed by atoms with Crippen molar-refractivity contribution in [2.45, 2.75) is 13.5 Å². The SMILES string of the molecule is CCN1COC/C(c2ccccc2)=C\c2cnc(Nc3ccc(CN4CCN(S(C)(=O)=O)CC4)cn3)cc21. The number of aromatic nitrogens is 2. The molecule has 0 aliphatic carbocycles. The summed E-state index contributed by atoms with van der Waals surface area (Å²) in [4.78, 5) is 13.7. The number of fused-ring (bicyclic) bond motifs is 1. The van der Waals surface area contributed by atoms with Crippen molar-refractivity contribution < 1.29 is 13.2 Å². The molecule has 1 fully saturated rings. The molecule has 38 heavy (non-hydrogen) atoms. The van der Waals surface area contributed by atoms with E-state index in [1.165, 1.54) is 10.6 Å². The molecular formula is C28H34N6O3S. The number of nitrogens with zero attached hydrogens (tertiary/aromatic N) is 5. The van der Waals surface area contributed by atoms with Crippen molar-refractivity contribution in [3.8, 4) is 0 Å². The van der Waals surface area contributed by atoms with Gasteiger partial charge in [0, 0.05) is 63.3 Å². The van der Waals surface area contributed by atoms with Gasteiger partial charge in [-0.05, 0) is 35.8 Å². The highest BCUT2D eigenvalue weighted by Gasteiger charge is 2.23. The van der Waals surface area contributed by atoms with Crippen molar-refractivity contribution in [3.05, 3.63) is 77.6 Å². The lowest BCUT2D eigenvalue weighted by Crippen LogP contribution is -2.47. The molecule has 0 bridgehead atoms. The second kappa shape index (κ2) is 11.6. The van der Waals surface area contributed by atoms with Crippen LogP contribution < -0.4 is 10.2 Å². The average Bonchev–Trinajstić information content (AvgIpc) is 2.91. The van der Waals surface area contributed by atoms with E-state index in [0.29, 0.717) is 45.3 Å². The third-order valence-electron chi connectivity index (χ3n) is 6.90. The minimum absolute atomic E-state index is 0.503. The topological polar surface area (TPSA) is 90.9 Å². The van der Waals surface area contributed by atoms with E-state index in [1.807, 2.05) is 48.8 Å². The standard InChI is InChI=1S/C28H34N6O3S/c1-3-33-21-37-20-25(23-7-5-4-6-8-23)15-24-18-30-28(16-26(24)33)31-27-10-9-22(17-29-27)19-32-11-13-34(14-12-32)38(2,35)36/h4-10,15-18H,3,11-14,19-21H2,1-2H3,(H,29,30,31)/b25-15+. The van der Waals surface area contributed by atoms with Gasteiger partial charge in [0.25, 0.3) is 0 Å². The average molecular weight is 535 g/mol. The number of hydrogen-bond donors (Lipinski definition) is 1. The molecule has 4 heterocycles. The van der Waals surface area contributed by atoms with Gasteiger partial charge in [-0.2, -0.15) is 4.31 Å². The van der Waals surface area contributed by atoms with Gasteiger partial charge in [-0.25, -0.2) is 18.4 Å². The van der Waals surface area contributed by atoms with Gasteiger partial charge in [0.15, 0.2) is 0 Å². The highest BCUT2D eigenvalue weighted by atomic mass is 32.2. The Morgan fingerprint density at radius 3 is 2.42 bits per heavy atom. The van der Waals surface area contributed by atoms with Crippen LogP contribution in [0, 0.1) is 0 Å². The van der Waals surface area contributed by atoms with Gasteiger partial charge < -0.3 is 15.0 Å². The summed E-state index contributed by atoms with van der Waals surface area (Å²) in [6.07, 6.45) is 7.19. The molecule has 2 aliphatic rings. The van der Waals surface area contributed by atoms with Gasteiger partial charge >= 0.3 is 0 Å². The van der Waals surface area contributed by atoms with E-state index in [0.717, 1.165) is 46.9 Å². The van der Waals surface area contributed by atoms with Gasteiger partial charge in [-0.1, -0.05) is 36.4 Å². The fraction of sp³-hybridized carbons (Fsp3) is 0.357. The summed E-state index contributed by atoms with van der Waals surface area (Å²) in [5, 5.41) is 3.33. The van der Waals surface area contributed by atoms with Gasteiger partial charge in [-0.3, -0.25) is 4.90 Å². The maximum atomic E-state index is 11.7. The zero-order valence-corrected chi connectivity index (χ0v) is 22.7. The van der Waals surface area contributed by atoms with E-state index < -0.39 is 10.0 Å². The van der Waals surface area contributed by atoms with Crippen molar-refractivity contribution in [3.63, 3.8) is 0 Å².